The van der Waals surface area contributed by atoms with Crippen LogP contribution in [0.3, 0.4) is 0 Å². The van der Waals surface area contributed by atoms with Crippen molar-refractivity contribution in [2.24, 2.45) is 0 Å². The Hall–Kier alpha value is -3.19. The summed E-state index contributed by atoms with van der Waals surface area (Å²) >= 11 is 0. The summed E-state index contributed by atoms with van der Waals surface area (Å²) < 4.78 is 28.1. The Labute approximate surface area is 164 Å². The van der Waals surface area contributed by atoms with Gasteiger partial charge < -0.3 is 10.1 Å². The molecule has 0 spiro atoms. The summed E-state index contributed by atoms with van der Waals surface area (Å²) in [6.07, 6.45) is 2.63. The molecule has 144 valence electrons. The molecule has 0 radical (unpaired) electrons. The van der Waals surface area contributed by atoms with E-state index < -0.39 is 9.84 Å². The summed E-state index contributed by atoms with van der Waals surface area (Å²) in [6.45, 7) is 0.485. The van der Waals surface area contributed by atoms with Crippen molar-refractivity contribution in [1.82, 2.24) is 4.98 Å². The first kappa shape index (κ1) is 19.6. The summed E-state index contributed by atoms with van der Waals surface area (Å²) in [5, 5.41) is 3.12. The van der Waals surface area contributed by atoms with Gasteiger partial charge in [-0.3, -0.25) is 0 Å². The lowest BCUT2D eigenvalue weighted by atomic mass is 9.99. The Morgan fingerprint density at radius 1 is 1.07 bits per heavy atom. The highest BCUT2D eigenvalue weighted by atomic mass is 32.2. The average Bonchev–Trinajstić information content (AvgIpc) is 2.71. The predicted octanol–water partition coefficient (Wildman–Crippen LogP) is 3.55. The number of carbonyl (C=O) groups excluding carboxylic acids is 1. The zero-order valence-corrected chi connectivity index (χ0v) is 16.4. The number of nitrogens with one attached hydrogen (secondary N) is 1. The van der Waals surface area contributed by atoms with Gasteiger partial charge in [0.1, 0.15) is 5.82 Å². The van der Waals surface area contributed by atoms with Crippen LogP contribution in [0.4, 0.5) is 5.82 Å². The number of rotatable bonds is 6. The van der Waals surface area contributed by atoms with Gasteiger partial charge in [-0.25, -0.2) is 18.2 Å². The van der Waals surface area contributed by atoms with Gasteiger partial charge in [0.2, 0.25) is 0 Å². The molecule has 0 saturated carbocycles. The van der Waals surface area contributed by atoms with E-state index in [0.29, 0.717) is 17.9 Å². The van der Waals surface area contributed by atoms with Crippen molar-refractivity contribution in [3.63, 3.8) is 0 Å². The minimum absolute atomic E-state index is 0.222. The minimum atomic E-state index is -3.28. The maximum Gasteiger partial charge on any atom is 0.338 e. The molecule has 0 atom stereocenters. The van der Waals surface area contributed by atoms with E-state index in [4.69, 9.17) is 4.74 Å². The lowest BCUT2D eigenvalue weighted by Crippen LogP contribution is -2.04. The van der Waals surface area contributed by atoms with Crippen LogP contribution < -0.4 is 5.32 Å². The molecule has 3 rings (SSSR count). The Morgan fingerprint density at radius 3 is 2.46 bits per heavy atom. The molecule has 1 N–H and O–H groups in total. The summed E-state index contributed by atoms with van der Waals surface area (Å²) in [5.74, 6) is 0.112. The molecular formula is C21H20N2O4S. The number of benzene rings is 2. The lowest BCUT2D eigenvalue weighted by Gasteiger charge is -2.10. The molecule has 1 aromatic heterocycles. The molecule has 3 aromatic rings. The number of sulfone groups is 1. The second kappa shape index (κ2) is 8.22. The molecule has 28 heavy (non-hydrogen) atoms. The highest BCUT2D eigenvalue weighted by Crippen LogP contribution is 2.25. The highest BCUT2D eigenvalue weighted by Gasteiger charge is 2.12. The van der Waals surface area contributed by atoms with E-state index in [9.17, 15) is 13.2 Å². The number of anilines is 1. The Kier molecular flexibility index (Phi) is 5.75. The molecule has 2 aromatic carbocycles. The van der Waals surface area contributed by atoms with Crippen molar-refractivity contribution in [2.45, 2.75) is 11.4 Å². The van der Waals surface area contributed by atoms with Crippen LogP contribution in [0.1, 0.15) is 15.9 Å². The molecule has 0 amide bonds. The van der Waals surface area contributed by atoms with Crippen molar-refractivity contribution in [3.05, 3.63) is 78.0 Å². The minimum Gasteiger partial charge on any atom is -0.465 e. The molecular weight excluding hydrogens is 376 g/mol. The average molecular weight is 396 g/mol. The number of methoxy groups -OCH3 is 1. The van der Waals surface area contributed by atoms with Crippen molar-refractivity contribution in [1.29, 1.82) is 0 Å². The van der Waals surface area contributed by atoms with Crippen molar-refractivity contribution in [2.75, 3.05) is 18.7 Å². The van der Waals surface area contributed by atoms with Gasteiger partial charge >= 0.3 is 5.97 Å². The first-order valence-corrected chi connectivity index (χ1v) is 10.4. The van der Waals surface area contributed by atoms with E-state index in [1.807, 2.05) is 36.4 Å². The normalized spacial score (nSPS) is 11.1. The van der Waals surface area contributed by atoms with Gasteiger partial charge in [0, 0.05) is 19.0 Å². The van der Waals surface area contributed by atoms with E-state index in [2.05, 4.69) is 10.3 Å². The van der Waals surface area contributed by atoms with Crippen LogP contribution in [0.2, 0.25) is 0 Å². The fourth-order valence-electron chi connectivity index (χ4n) is 2.76. The second-order valence-corrected chi connectivity index (χ2v) is 8.25. The van der Waals surface area contributed by atoms with Crippen LogP contribution in [-0.2, 0) is 21.1 Å². The largest absolute Gasteiger partial charge is 0.465 e. The smallest absolute Gasteiger partial charge is 0.338 e. The topological polar surface area (TPSA) is 85.4 Å². The second-order valence-electron chi connectivity index (χ2n) is 6.24. The van der Waals surface area contributed by atoms with Crippen LogP contribution in [0.5, 0.6) is 0 Å². The number of carbonyl (C=O) groups is 1. The van der Waals surface area contributed by atoms with Crippen molar-refractivity contribution < 1.29 is 17.9 Å². The number of hydrogen-bond donors (Lipinski definition) is 1. The summed E-state index contributed by atoms with van der Waals surface area (Å²) in [4.78, 5) is 16.3. The van der Waals surface area contributed by atoms with Crippen LogP contribution >= 0.6 is 0 Å². The van der Waals surface area contributed by atoms with Gasteiger partial charge in [-0.15, -0.1) is 0 Å². The number of ether oxygens (including phenoxy) is 1. The third-order valence-electron chi connectivity index (χ3n) is 4.23. The van der Waals surface area contributed by atoms with Crippen LogP contribution in [0.15, 0.2) is 71.8 Å². The van der Waals surface area contributed by atoms with Gasteiger partial charge in [-0.05, 0) is 34.9 Å². The van der Waals surface area contributed by atoms with Crippen LogP contribution in [0, 0.1) is 0 Å². The van der Waals surface area contributed by atoms with E-state index in [0.717, 1.165) is 22.9 Å². The van der Waals surface area contributed by atoms with E-state index in [1.165, 1.54) is 25.4 Å². The van der Waals surface area contributed by atoms with Crippen molar-refractivity contribution in [3.8, 4) is 11.1 Å². The Morgan fingerprint density at radius 2 is 1.79 bits per heavy atom. The van der Waals surface area contributed by atoms with E-state index >= 15 is 0 Å². The third-order valence-corrected chi connectivity index (χ3v) is 5.34. The molecule has 0 fully saturated rings. The molecule has 1 heterocycles. The first-order valence-electron chi connectivity index (χ1n) is 8.55. The molecule has 0 aliphatic carbocycles. The Bertz CT molecular complexity index is 1090. The standard InChI is InChI=1S/C21H20N2O4S/c1-27-21(24)19-6-4-3-5-18(19)16-9-7-15(8-10-16)14-23-20-13-17(11-12-22-20)28(2,25)26/h3-13H,14H2,1-2H3,(H,22,23). The SMILES string of the molecule is COC(=O)c1ccccc1-c1ccc(CNc2cc(S(C)(=O)=O)ccn2)cc1. The molecule has 7 heteroatoms. The number of esters is 1. The van der Waals surface area contributed by atoms with Crippen LogP contribution in [-0.4, -0.2) is 32.7 Å². The number of pyridine rings is 1. The summed E-state index contributed by atoms with van der Waals surface area (Å²) in [6, 6.07) is 18.0. The van der Waals surface area contributed by atoms with Gasteiger partial charge in [0.05, 0.1) is 17.6 Å². The number of aromatic nitrogens is 1. The highest BCUT2D eigenvalue weighted by molar-refractivity contribution is 7.90. The van der Waals surface area contributed by atoms with Gasteiger partial charge in [0.15, 0.2) is 9.84 Å². The van der Waals surface area contributed by atoms with Crippen molar-refractivity contribution >= 4 is 21.6 Å². The third kappa shape index (κ3) is 4.55. The zero-order valence-electron chi connectivity index (χ0n) is 15.5. The summed E-state index contributed by atoms with van der Waals surface area (Å²) in [5.41, 5.74) is 3.21. The first-order chi connectivity index (χ1) is 13.4. The monoisotopic (exact) mass is 396 g/mol. The Balaban J connectivity index is 1.75. The van der Waals surface area contributed by atoms with Gasteiger partial charge in [0.25, 0.3) is 0 Å². The molecule has 0 unspecified atom stereocenters. The molecule has 0 saturated heterocycles. The van der Waals surface area contributed by atoms with Crippen LogP contribution in [0.25, 0.3) is 11.1 Å². The maximum absolute atomic E-state index is 11.9. The molecule has 0 aliphatic rings. The van der Waals surface area contributed by atoms with Gasteiger partial charge in [-0.1, -0.05) is 42.5 Å². The molecule has 0 aliphatic heterocycles. The molecule has 6 nitrogen and oxygen atoms in total. The fraction of sp³-hybridized carbons (Fsp3) is 0.143. The van der Waals surface area contributed by atoms with E-state index in [-0.39, 0.29) is 10.9 Å². The van der Waals surface area contributed by atoms with E-state index in [1.54, 1.807) is 12.1 Å². The fourth-order valence-corrected chi connectivity index (χ4v) is 3.39. The molecule has 0 bridgehead atoms. The number of nitrogens with zero attached hydrogens (tertiary/aromatic N) is 1. The predicted molar refractivity (Wildman–Crippen MR) is 108 cm³/mol. The zero-order chi connectivity index (χ0) is 20.1. The number of hydrogen-bond acceptors (Lipinski definition) is 6. The lowest BCUT2D eigenvalue weighted by molar-refractivity contribution is 0.0601. The van der Waals surface area contributed by atoms with Gasteiger partial charge in [-0.2, -0.15) is 0 Å². The maximum atomic E-state index is 11.9. The quantitative estimate of drug-likeness (QED) is 0.642. The summed E-state index contributed by atoms with van der Waals surface area (Å²) in [7, 11) is -1.91.